The molecule has 1 aromatic carbocycles. The first-order valence-corrected chi connectivity index (χ1v) is 10.5. The number of carbonyl (C=O) groups excluding carboxylic acids is 1. The Labute approximate surface area is 168 Å². The molecule has 0 saturated carbocycles. The van der Waals surface area contributed by atoms with Crippen molar-refractivity contribution < 1.29 is 19.0 Å². The summed E-state index contributed by atoms with van der Waals surface area (Å²) in [5.41, 5.74) is 0.755. The molecule has 4 rings (SSSR count). The third-order valence-electron chi connectivity index (χ3n) is 3.81. The topological polar surface area (TPSA) is 70.5 Å². The number of benzene rings is 1. The molecule has 0 saturated heterocycles. The summed E-state index contributed by atoms with van der Waals surface area (Å²) < 4.78 is 16.6. The molecule has 0 bridgehead atoms. The Hall–Kier alpha value is -2.03. The second-order valence-electron chi connectivity index (χ2n) is 5.72. The van der Waals surface area contributed by atoms with Gasteiger partial charge in [-0.1, -0.05) is 23.4 Å². The summed E-state index contributed by atoms with van der Waals surface area (Å²) in [6, 6.07) is 5.48. The van der Waals surface area contributed by atoms with E-state index in [0.29, 0.717) is 29.7 Å². The van der Waals surface area contributed by atoms with Crippen molar-refractivity contribution in [2.45, 2.75) is 18.1 Å². The van der Waals surface area contributed by atoms with Crippen LogP contribution in [0.4, 0.5) is 0 Å². The van der Waals surface area contributed by atoms with Gasteiger partial charge in [-0.2, -0.15) is 0 Å². The maximum atomic E-state index is 12.1. The quantitative estimate of drug-likeness (QED) is 0.344. The number of thioether (sulfide) groups is 1. The highest BCUT2D eigenvalue weighted by atomic mass is 35.5. The van der Waals surface area contributed by atoms with Gasteiger partial charge in [0.1, 0.15) is 22.8 Å². The molecular weight excluding hydrogens is 408 g/mol. The smallest absolute Gasteiger partial charge is 0.316 e. The number of nitrogens with zero attached hydrogens (tertiary/aromatic N) is 2. The van der Waals surface area contributed by atoms with Crippen molar-refractivity contribution in [1.29, 1.82) is 0 Å². The van der Waals surface area contributed by atoms with Crippen molar-refractivity contribution in [2.75, 3.05) is 19.0 Å². The Bertz CT molecular complexity index is 979. The summed E-state index contributed by atoms with van der Waals surface area (Å²) in [4.78, 5) is 21.5. The zero-order valence-electron chi connectivity index (χ0n) is 14.1. The lowest BCUT2D eigenvalue weighted by atomic mass is 10.2. The standard InChI is InChI=1S/C18H15ClN2O4S2/c19-13-6-11(7-14-16(13)24-4-1-3-23-14)8-25-15(22)9-27-18-12-2-5-26-17(12)20-10-21-18/h2,5-7,10H,1,3-4,8-9H2. The number of carbonyl (C=O) groups is 1. The summed E-state index contributed by atoms with van der Waals surface area (Å²) in [5.74, 6) is 0.968. The Balaban J connectivity index is 1.36. The van der Waals surface area contributed by atoms with Crippen LogP contribution in [0.3, 0.4) is 0 Å². The van der Waals surface area contributed by atoms with Crippen LogP contribution < -0.4 is 9.47 Å². The van der Waals surface area contributed by atoms with Crippen LogP contribution in [0, 0.1) is 0 Å². The zero-order chi connectivity index (χ0) is 18.6. The maximum absolute atomic E-state index is 12.1. The molecule has 0 atom stereocenters. The van der Waals surface area contributed by atoms with E-state index in [0.717, 1.165) is 27.2 Å². The molecule has 1 aliphatic rings. The number of rotatable bonds is 5. The highest BCUT2D eigenvalue weighted by Crippen LogP contribution is 2.38. The highest BCUT2D eigenvalue weighted by molar-refractivity contribution is 8.00. The van der Waals surface area contributed by atoms with Crippen LogP contribution in [-0.2, 0) is 16.1 Å². The lowest BCUT2D eigenvalue weighted by molar-refractivity contribution is -0.141. The van der Waals surface area contributed by atoms with E-state index in [1.54, 1.807) is 23.5 Å². The van der Waals surface area contributed by atoms with E-state index in [1.807, 2.05) is 11.4 Å². The molecule has 0 radical (unpaired) electrons. The van der Waals surface area contributed by atoms with E-state index >= 15 is 0 Å². The number of hydrogen-bond acceptors (Lipinski definition) is 8. The average molecular weight is 423 g/mol. The molecule has 0 N–H and O–H groups in total. The summed E-state index contributed by atoms with van der Waals surface area (Å²) in [7, 11) is 0. The van der Waals surface area contributed by atoms with E-state index in [4.69, 9.17) is 25.8 Å². The first kappa shape index (κ1) is 18.3. The van der Waals surface area contributed by atoms with Crippen molar-refractivity contribution in [3.8, 4) is 11.5 Å². The molecule has 2 aromatic heterocycles. The third-order valence-corrected chi connectivity index (χ3v) is 5.89. The van der Waals surface area contributed by atoms with Gasteiger partial charge in [-0.15, -0.1) is 11.3 Å². The number of hydrogen-bond donors (Lipinski definition) is 0. The molecule has 0 amide bonds. The van der Waals surface area contributed by atoms with Gasteiger partial charge in [-0.05, 0) is 29.1 Å². The molecule has 0 aliphatic carbocycles. The molecule has 0 fully saturated rings. The summed E-state index contributed by atoms with van der Waals surface area (Å²) in [5, 5.41) is 4.14. The number of aromatic nitrogens is 2. The number of halogens is 1. The molecular formula is C18H15ClN2O4S2. The van der Waals surface area contributed by atoms with Crippen LogP contribution in [0.2, 0.25) is 5.02 Å². The van der Waals surface area contributed by atoms with E-state index in [9.17, 15) is 4.79 Å². The van der Waals surface area contributed by atoms with E-state index in [2.05, 4.69) is 9.97 Å². The molecule has 140 valence electrons. The number of thiophene rings is 1. The normalized spacial score (nSPS) is 13.4. The number of esters is 1. The Kier molecular flexibility index (Phi) is 5.66. The zero-order valence-corrected chi connectivity index (χ0v) is 16.5. The van der Waals surface area contributed by atoms with Gasteiger partial charge < -0.3 is 14.2 Å². The van der Waals surface area contributed by atoms with Gasteiger partial charge in [0, 0.05) is 11.8 Å². The first-order chi connectivity index (χ1) is 13.2. The monoisotopic (exact) mass is 422 g/mol. The Morgan fingerprint density at radius 3 is 3.11 bits per heavy atom. The lowest BCUT2D eigenvalue weighted by Gasteiger charge is -2.12. The number of ether oxygens (including phenoxy) is 3. The Morgan fingerprint density at radius 1 is 1.30 bits per heavy atom. The van der Waals surface area contributed by atoms with Gasteiger partial charge in [-0.25, -0.2) is 9.97 Å². The number of fused-ring (bicyclic) bond motifs is 2. The van der Waals surface area contributed by atoms with E-state index in [-0.39, 0.29) is 18.3 Å². The van der Waals surface area contributed by atoms with Crippen LogP contribution in [0.1, 0.15) is 12.0 Å². The van der Waals surface area contributed by atoms with Crippen LogP contribution in [0.15, 0.2) is 34.9 Å². The fourth-order valence-electron chi connectivity index (χ4n) is 2.58. The van der Waals surface area contributed by atoms with Crippen molar-refractivity contribution in [3.05, 3.63) is 40.5 Å². The van der Waals surface area contributed by atoms with Gasteiger partial charge >= 0.3 is 5.97 Å². The molecule has 27 heavy (non-hydrogen) atoms. The van der Waals surface area contributed by atoms with Gasteiger partial charge in [-0.3, -0.25) is 4.79 Å². The van der Waals surface area contributed by atoms with E-state index < -0.39 is 0 Å². The fourth-order valence-corrected chi connectivity index (χ4v) is 4.45. The van der Waals surface area contributed by atoms with Crippen molar-refractivity contribution >= 4 is 50.9 Å². The minimum absolute atomic E-state index is 0.118. The summed E-state index contributed by atoms with van der Waals surface area (Å²) in [6.45, 7) is 1.26. The molecule has 3 heterocycles. The lowest BCUT2D eigenvalue weighted by Crippen LogP contribution is -2.08. The average Bonchev–Trinajstić information content (AvgIpc) is 3.03. The van der Waals surface area contributed by atoms with Gasteiger partial charge in [0.15, 0.2) is 11.5 Å². The second-order valence-corrected chi connectivity index (χ2v) is 7.99. The molecule has 6 nitrogen and oxygen atoms in total. The second kappa shape index (κ2) is 8.33. The molecule has 9 heteroatoms. The van der Waals surface area contributed by atoms with Crippen molar-refractivity contribution in [2.24, 2.45) is 0 Å². The van der Waals surface area contributed by atoms with Gasteiger partial charge in [0.05, 0.1) is 24.0 Å². The summed E-state index contributed by atoms with van der Waals surface area (Å²) >= 11 is 9.14. The highest BCUT2D eigenvalue weighted by Gasteiger charge is 2.16. The maximum Gasteiger partial charge on any atom is 0.316 e. The molecule has 3 aromatic rings. The first-order valence-electron chi connectivity index (χ1n) is 8.25. The SMILES string of the molecule is O=C(CSc1ncnc2sccc12)OCc1cc(Cl)c2c(c1)OCCCO2. The largest absolute Gasteiger partial charge is 0.489 e. The third kappa shape index (κ3) is 4.28. The van der Waals surface area contributed by atoms with E-state index in [1.165, 1.54) is 18.1 Å². The predicted molar refractivity (Wildman–Crippen MR) is 105 cm³/mol. The van der Waals surface area contributed by atoms with Gasteiger partial charge in [0.25, 0.3) is 0 Å². The van der Waals surface area contributed by atoms with Gasteiger partial charge in [0.2, 0.25) is 0 Å². The molecule has 1 aliphatic heterocycles. The Morgan fingerprint density at radius 2 is 2.19 bits per heavy atom. The minimum atomic E-state index is -0.328. The molecule has 0 spiro atoms. The van der Waals surface area contributed by atoms with Crippen molar-refractivity contribution in [1.82, 2.24) is 9.97 Å². The molecule has 0 unspecified atom stereocenters. The predicted octanol–water partition coefficient (Wildman–Crippen LogP) is 4.34. The fraction of sp³-hybridized carbons (Fsp3) is 0.278. The van der Waals surface area contributed by atoms with Crippen LogP contribution >= 0.6 is 34.7 Å². The minimum Gasteiger partial charge on any atom is -0.489 e. The van der Waals surface area contributed by atoms with Crippen LogP contribution in [0.5, 0.6) is 11.5 Å². The van der Waals surface area contributed by atoms with Crippen LogP contribution in [0.25, 0.3) is 10.2 Å². The van der Waals surface area contributed by atoms with Crippen molar-refractivity contribution in [3.63, 3.8) is 0 Å². The van der Waals surface area contributed by atoms with Crippen LogP contribution in [-0.4, -0.2) is 34.9 Å². The summed E-state index contributed by atoms with van der Waals surface area (Å²) in [6.07, 6.45) is 2.30.